The third kappa shape index (κ3) is 5.02. The Labute approximate surface area is 138 Å². The van der Waals surface area contributed by atoms with E-state index in [2.05, 4.69) is 25.2 Å². The van der Waals surface area contributed by atoms with Crippen LogP contribution < -0.4 is 15.0 Å². The average molecular weight is 312 g/mol. The number of nitrogens with zero attached hydrogens (tertiary/aromatic N) is 1. The van der Waals surface area contributed by atoms with E-state index in [1.807, 2.05) is 48.5 Å². The van der Waals surface area contributed by atoms with Gasteiger partial charge in [0.1, 0.15) is 12.4 Å². The normalized spacial score (nSPS) is 10.4. The Kier molecular flexibility index (Phi) is 6.03. The molecule has 2 amide bonds. The number of carbonyl (C=O) groups excluding carboxylic acids is 1. The van der Waals surface area contributed by atoms with Gasteiger partial charge in [-0.1, -0.05) is 44.2 Å². The van der Waals surface area contributed by atoms with E-state index in [0.29, 0.717) is 19.1 Å². The Morgan fingerprint density at radius 2 is 1.87 bits per heavy atom. The molecule has 0 unspecified atom stereocenters. The summed E-state index contributed by atoms with van der Waals surface area (Å²) in [7, 11) is 1.75. The van der Waals surface area contributed by atoms with Crippen LogP contribution in [0.2, 0.25) is 0 Å². The molecule has 1 N–H and O–H groups in total. The number of ether oxygens (including phenoxy) is 1. The fraction of sp³-hybridized carbons (Fsp3) is 0.316. The number of anilines is 1. The molecule has 0 spiro atoms. The standard InChI is InChI=1S/C19H24N2O2/c1-15(2)16-8-7-11-18(14-16)23-13-12-20-19(22)21(3)17-9-5-4-6-10-17/h4-11,14-15H,12-13H2,1-3H3,(H,20,22). The van der Waals surface area contributed by atoms with E-state index in [4.69, 9.17) is 4.74 Å². The van der Waals surface area contributed by atoms with Gasteiger partial charge in [-0.3, -0.25) is 4.90 Å². The summed E-state index contributed by atoms with van der Waals surface area (Å²) >= 11 is 0. The van der Waals surface area contributed by atoms with E-state index in [0.717, 1.165) is 11.4 Å². The van der Waals surface area contributed by atoms with Crippen molar-refractivity contribution in [2.75, 3.05) is 25.1 Å². The zero-order chi connectivity index (χ0) is 16.7. The largest absolute Gasteiger partial charge is 0.492 e. The maximum Gasteiger partial charge on any atom is 0.321 e. The fourth-order valence-electron chi connectivity index (χ4n) is 2.18. The Balaban J connectivity index is 1.77. The van der Waals surface area contributed by atoms with E-state index in [1.165, 1.54) is 5.56 Å². The topological polar surface area (TPSA) is 41.6 Å². The number of hydrogen-bond acceptors (Lipinski definition) is 2. The molecule has 2 aromatic rings. The molecule has 122 valence electrons. The molecule has 23 heavy (non-hydrogen) atoms. The molecule has 0 bridgehead atoms. The van der Waals surface area contributed by atoms with Crippen LogP contribution in [0.4, 0.5) is 10.5 Å². The number of urea groups is 1. The highest BCUT2D eigenvalue weighted by Crippen LogP contribution is 2.19. The van der Waals surface area contributed by atoms with Crippen LogP contribution in [0.3, 0.4) is 0 Å². The summed E-state index contributed by atoms with van der Waals surface area (Å²) in [6.45, 7) is 5.20. The van der Waals surface area contributed by atoms with Gasteiger partial charge >= 0.3 is 6.03 Å². The van der Waals surface area contributed by atoms with Crippen LogP contribution in [0.25, 0.3) is 0 Å². The van der Waals surface area contributed by atoms with Crippen molar-refractivity contribution in [2.24, 2.45) is 0 Å². The lowest BCUT2D eigenvalue weighted by Gasteiger charge is -2.18. The Morgan fingerprint density at radius 1 is 1.13 bits per heavy atom. The highest BCUT2D eigenvalue weighted by Gasteiger charge is 2.09. The number of hydrogen-bond donors (Lipinski definition) is 1. The molecule has 0 aliphatic heterocycles. The van der Waals surface area contributed by atoms with Crippen LogP contribution in [-0.4, -0.2) is 26.2 Å². The van der Waals surface area contributed by atoms with Crippen LogP contribution in [0.15, 0.2) is 54.6 Å². The van der Waals surface area contributed by atoms with Gasteiger partial charge in [-0.25, -0.2) is 4.79 Å². The number of nitrogens with one attached hydrogen (secondary N) is 1. The zero-order valence-electron chi connectivity index (χ0n) is 14.0. The molecule has 2 aromatic carbocycles. The SMILES string of the molecule is CC(C)c1cccc(OCCNC(=O)N(C)c2ccccc2)c1. The van der Waals surface area contributed by atoms with E-state index >= 15 is 0 Å². The van der Waals surface area contributed by atoms with Crippen LogP contribution >= 0.6 is 0 Å². The van der Waals surface area contributed by atoms with Gasteiger partial charge in [-0.2, -0.15) is 0 Å². The van der Waals surface area contributed by atoms with Crippen molar-refractivity contribution in [2.45, 2.75) is 19.8 Å². The van der Waals surface area contributed by atoms with Crippen molar-refractivity contribution in [3.8, 4) is 5.75 Å². The molecule has 0 aliphatic carbocycles. The second-order valence-corrected chi connectivity index (χ2v) is 5.70. The van der Waals surface area contributed by atoms with Crippen LogP contribution in [-0.2, 0) is 0 Å². The molecule has 0 fully saturated rings. The lowest BCUT2D eigenvalue weighted by atomic mass is 10.0. The first-order valence-electron chi connectivity index (χ1n) is 7.87. The summed E-state index contributed by atoms with van der Waals surface area (Å²) in [5.74, 6) is 1.31. The first kappa shape index (κ1) is 16.9. The second-order valence-electron chi connectivity index (χ2n) is 5.70. The van der Waals surface area contributed by atoms with Gasteiger partial charge in [0, 0.05) is 12.7 Å². The maximum atomic E-state index is 12.1. The second kappa shape index (κ2) is 8.22. The van der Waals surface area contributed by atoms with Gasteiger partial charge in [0.05, 0.1) is 6.54 Å². The predicted octanol–water partition coefficient (Wildman–Crippen LogP) is 4.03. The molecule has 0 radical (unpaired) electrons. The van der Waals surface area contributed by atoms with Gasteiger partial charge in [0.25, 0.3) is 0 Å². The van der Waals surface area contributed by atoms with Crippen molar-refractivity contribution in [3.63, 3.8) is 0 Å². The first-order chi connectivity index (χ1) is 11.1. The average Bonchev–Trinajstić information content (AvgIpc) is 2.59. The Bertz CT molecular complexity index is 626. The van der Waals surface area contributed by atoms with Crippen LogP contribution in [0.1, 0.15) is 25.3 Å². The fourth-order valence-corrected chi connectivity index (χ4v) is 2.18. The summed E-state index contributed by atoms with van der Waals surface area (Å²) < 4.78 is 5.70. The van der Waals surface area contributed by atoms with E-state index in [-0.39, 0.29) is 6.03 Å². The summed E-state index contributed by atoms with van der Waals surface area (Å²) in [5, 5.41) is 2.85. The molecular formula is C19H24N2O2. The number of para-hydroxylation sites is 1. The van der Waals surface area contributed by atoms with E-state index in [1.54, 1.807) is 11.9 Å². The summed E-state index contributed by atoms with van der Waals surface area (Å²) in [4.78, 5) is 13.6. The van der Waals surface area contributed by atoms with Crippen LogP contribution in [0, 0.1) is 0 Å². The van der Waals surface area contributed by atoms with E-state index in [9.17, 15) is 4.79 Å². The number of rotatable bonds is 6. The monoisotopic (exact) mass is 312 g/mol. The third-order valence-corrected chi connectivity index (χ3v) is 3.62. The highest BCUT2D eigenvalue weighted by atomic mass is 16.5. The molecule has 4 nitrogen and oxygen atoms in total. The minimum Gasteiger partial charge on any atom is -0.492 e. The third-order valence-electron chi connectivity index (χ3n) is 3.62. The number of benzene rings is 2. The smallest absolute Gasteiger partial charge is 0.321 e. The van der Waals surface area contributed by atoms with Crippen molar-refractivity contribution in [1.29, 1.82) is 0 Å². The predicted molar refractivity (Wildman–Crippen MR) is 94.3 cm³/mol. The highest BCUT2D eigenvalue weighted by molar-refractivity contribution is 5.91. The minimum absolute atomic E-state index is 0.143. The summed E-state index contributed by atoms with van der Waals surface area (Å²) in [6, 6.07) is 17.5. The summed E-state index contributed by atoms with van der Waals surface area (Å²) in [6.07, 6.45) is 0. The minimum atomic E-state index is -0.143. The lowest BCUT2D eigenvalue weighted by molar-refractivity contribution is 0.243. The van der Waals surface area contributed by atoms with Crippen molar-refractivity contribution in [3.05, 3.63) is 60.2 Å². The molecule has 0 atom stereocenters. The quantitative estimate of drug-likeness (QED) is 0.818. The molecule has 2 rings (SSSR count). The maximum absolute atomic E-state index is 12.1. The van der Waals surface area contributed by atoms with Gasteiger partial charge in [-0.15, -0.1) is 0 Å². The molecule has 0 aromatic heterocycles. The Morgan fingerprint density at radius 3 is 2.57 bits per heavy atom. The molecule has 0 saturated heterocycles. The Hall–Kier alpha value is -2.49. The molecular weight excluding hydrogens is 288 g/mol. The zero-order valence-corrected chi connectivity index (χ0v) is 14.0. The molecule has 0 aliphatic rings. The molecule has 4 heteroatoms. The van der Waals surface area contributed by atoms with Gasteiger partial charge in [0.15, 0.2) is 0 Å². The van der Waals surface area contributed by atoms with E-state index < -0.39 is 0 Å². The number of carbonyl (C=O) groups is 1. The molecule has 0 saturated carbocycles. The van der Waals surface area contributed by atoms with Crippen molar-refractivity contribution < 1.29 is 9.53 Å². The number of amides is 2. The molecule has 0 heterocycles. The van der Waals surface area contributed by atoms with Crippen LogP contribution in [0.5, 0.6) is 5.75 Å². The van der Waals surface area contributed by atoms with Crippen molar-refractivity contribution in [1.82, 2.24) is 5.32 Å². The lowest BCUT2D eigenvalue weighted by Crippen LogP contribution is -2.39. The van der Waals surface area contributed by atoms with Gasteiger partial charge in [-0.05, 0) is 35.7 Å². The van der Waals surface area contributed by atoms with Gasteiger partial charge < -0.3 is 10.1 Å². The van der Waals surface area contributed by atoms with Crippen molar-refractivity contribution >= 4 is 11.7 Å². The van der Waals surface area contributed by atoms with Gasteiger partial charge in [0.2, 0.25) is 0 Å². The first-order valence-corrected chi connectivity index (χ1v) is 7.87. The summed E-state index contributed by atoms with van der Waals surface area (Å²) in [5.41, 5.74) is 2.10.